The van der Waals surface area contributed by atoms with E-state index in [0.29, 0.717) is 25.6 Å². The van der Waals surface area contributed by atoms with Gasteiger partial charge in [-0.05, 0) is 13.0 Å². The van der Waals surface area contributed by atoms with Gasteiger partial charge in [0.2, 0.25) is 5.91 Å². The van der Waals surface area contributed by atoms with Crippen LogP contribution in [0.1, 0.15) is 25.5 Å². The van der Waals surface area contributed by atoms with Crippen LogP contribution >= 0.6 is 0 Å². The summed E-state index contributed by atoms with van der Waals surface area (Å²) in [6.45, 7) is 5.64. The topological polar surface area (TPSA) is 76.2 Å². The van der Waals surface area contributed by atoms with Crippen LogP contribution in [0.5, 0.6) is 0 Å². The Bertz CT molecular complexity index is 401. The first kappa shape index (κ1) is 15.7. The number of hydrogen-bond acceptors (Lipinski definition) is 4. The zero-order chi connectivity index (χ0) is 14.4. The van der Waals surface area contributed by atoms with Crippen LogP contribution in [0.15, 0.2) is 12.4 Å². The largest absolute Gasteiger partial charge is 0.355 e. The minimum absolute atomic E-state index is 0.0125. The second kappa shape index (κ2) is 7.25. The van der Waals surface area contributed by atoms with Crippen molar-refractivity contribution in [2.75, 3.05) is 26.7 Å². The first-order chi connectivity index (χ1) is 8.93. The Labute approximate surface area is 114 Å². The van der Waals surface area contributed by atoms with Crippen LogP contribution in [-0.4, -0.2) is 47.3 Å². The van der Waals surface area contributed by atoms with Crippen molar-refractivity contribution in [1.82, 2.24) is 20.0 Å². The van der Waals surface area contributed by atoms with E-state index in [1.165, 1.54) is 0 Å². The van der Waals surface area contributed by atoms with E-state index in [-0.39, 0.29) is 11.9 Å². The van der Waals surface area contributed by atoms with Crippen LogP contribution in [0.25, 0.3) is 0 Å². The third-order valence-corrected chi connectivity index (χ3v) is 2.97. The maximum atomic E-state index is 11.8. The molecule has 1 amide bonds. The van der Waals surface area contributed by atoms with Gasteiger partial charge < -0.3 is 11.1 Å². The molecule has 6 heteroatoms. The quantitative estimate of drug-likeness (QED) is 0.736. The Kier molecular flexibility index (Phi) is 5.98. The number of aromatic nitrogens is 2. The predicted octanol–water partition coefficient (Wildman–Crippen LogP) is 0.124. The summed E-state index contributed by atoms with van der Waals surface area (Å²) in [6, 6.07) is 0.0125. The summed E-state index contributed by atoms with van der Waals surface area (Å²) in [5.74, 6) is 0.483. The molecule has 1 unspecified atom stereocenters. The Balaban J connectivity index is 2.54. The Hall–Kier alpha value is -1.40. The van der Waals surface area contributed by atoms with Gasteiger partial charge in [0.05, 0.1) is 18.8 Å². The fourth-order valence-electron chi connectivity index (χ4n) is 1.89. The number of carbonyl (C=O) groups excluding carboxylic acids is 1. The number of nitrogens with two attached hydrogens (primary N) is 1. The lowest BCUT2D eigenvalue weighted by molar-refractivity contribution is -0.122. The molecule has 1 aromatic rings. The van der Waals surface area contributed by atoms with E-state index < -0.39 is 0 Å². The molecule has 19 heavy (non-hydrogen) atoms. The van der Waals surface area contributed by atoms with E-state index in [0.717, 1.165) is 5.56 Å². The number of carbonyl (C=O) groups is 1. The zero-order valence-corrected chi connectivity index (χ0v) is 12.3. The van der Waals surface area contributed by atoms with E-state index in [2.05, 4.69) is 24.3 Å². The SMILES string of the molecule is CC(C)CNC(=O)CN(C)C(CN)c1cnn(C)c1. The molecule has 1 atom stereocenters. The molecular formula is C13H25N5O. The second-order valence-electron chi connectivity index (χ2n) is 5.31. The molecule has 0 aliphatic heterocycles. The molecule has 0 aliphatic carbocycles. The van der Waals surface area contributed by atoms with Crippen molar-refractivity contribution >= 4 is 5.91 Å². The molecule has 0 spiro atoms. The summed E-state index contributed by atoms with van der Waals surface area (Å²) in [7, 11) is 3.77. The molecule has 0 saturated carbocycles. The van der Waals surface area contributed by atoms with Gasteiger partial charge in [-0.1, -0.05) is 13.8 Å². The fourth-order valence-corrected chi connectivity index (χ4v) is 1.89. The summed E-state index contributed by atoms with van der Waals surface area (Å²) < 4.78 is 1.74. The van der Waals surface area contributed by atoms with Crippen molar-refractivity contribution < 1.29 is 4.79 Å². The van der Waals surface area contributed by atoms with Crippen LogP contribution in [-0.2, 0) is 11.8 Å². The van der Waals surface area contributed by atoms with Crippen LogP contribution in [0, 0.1) is 5.92 Å². The summed E-state index contributed by atoms with van der Waals surface area (Å²) in [5, 5.41) is 7.05. The normalized spacial score (nSPS) is 13.0. The first-order valence-electron chi connectivity index (χ1n) is 6.59. The lowest BCUT2D eigenvalue weighted by Gasteiger charge is -2.25. The second-order valence-corrected chi connectivity index (χ2v) is 5.31. The van der Waals surface area contributed by atoms with E-state index in [9.17, 15) is 4.79 Å². The third-order valence-electron chi connectivity index (χ3n) is 2.97. The lowest BCUT2D eigenvalue weighted by atomic mass is 10.1. The molecule has 1 heterocycles. The highest BCUT2D eigenvalue weighted by molar-refractivity contribution is 5.78. The van der Waals surface area contributed by atoms with Gasteiger partial charge >= 0.3 is 0 Å². The molecule has 1 aromatic heterocycles. The third kappa shape index (κ3) is 5.00. The van der Waals surface area contributed by atoms with Gasteiger partial charge in [-0.25, -0.2) is 0 Å². The molecule has 0 fully saturated rings. The number of nitrogens with zero attached hydrogens (tertiary/aromatic N) is 3. The van der Waals surface area contributed by atoms with Gasteiger partial charge in [0, 0.05) is 31.9 Å². The average molecular weight is 267 g/mol. The maximum Gasteiger partial charge on any atom is 0.234 e. The minimum Gasteiger partial charge on any atom is -0.355 e. The van der Waals surface area contributed by atoms with Crippen molar-refractivity contribution in [3.63, 3.8) is 0 Å². The van der Waals surface area contributed by atoms with E-state index >= 15 is 0 Å². The number of aryl methyl sites for hydroxylation is 1. The number of hydrogen-bond donors (Lipinski definition) is 2. The molecule has 6 nitrogen and oxygen atoms in total. The first-order valence-corrected chi connectivity index (χ1v) is 6.59. The van der Waals surface area contributed by atoms with Gasteiger partial charge in [0.25, 0.3) is 0 Å². The maximum absolute atomic E-state index is 11.8. The minimum atomic E-state index is 0.0125. The predicted molar refractivity (Wildman–Crippen MR) is 75.5 cm³/mol. The molecular weight excluding hydrogens is 242 g/mol. The summed E-state index contributed by atoms with van der Waals surface area (Å²) >= 11 is 0. The molecule has 0 radical (unpaired) electrons. The van der Waals surface area contributed by atoms with Crippen LogP contribution < -0.4 is 11.1 Å². The van der Waals surface area contributed by atoms with Crippen LogP contribution in [0.4, 0.5) is 0 Å². The lowest BCUT2D eigenvalue weighted by Crippen LogP contribution is -2.40. The fraction of sp³-hybridized carbons (Fsp3) is 0.692. The van der Waals surface area contributed by atoms with Gasteiger partial charge in [-0.15, -0.1) is 0 Å². The highest BCUT2D eigenvalue weighted by atomic mass is 16.2. The molecule has 0 bridgehead atoms. The van der Waals surface area contributed by atoms with Gasteiger partial charge in [0.15, 0.2) is 0 Å². The number of amides is 1. The molecule has 1 rings (SSSR count). The van der Waals surface area contributed by atoms with Crippen molar-refractivity contribution in [2.24, 2.45) is 18.7 Å². The van der Waals surface area contributed by atoms with Crippen molar-refractivity contribution in [2.45, 2.75) is 19.9 Å². The Morgan fingerprint density at radius 3 is 2.74 bits per heavy atom. The molecule has 3 N–H and O–H groups in total. The van der Waals surface area contributed by atoms with Crippen molar-refractivity contribution in [3.8, 4) is 0 Å². The van der Waals surface area contributed by atoms with Gasteiger partial charge in [0.1, 0.15) is 0 Å². The summed E-state index contributed by atoms with van der Waals surface area (Å²) in [4.78, 5) is 13.8. The van der Waals surface area contributed by atoms with Gasteiger partial charge in [-0.3, -0.25) is 14.4 Å². The number of rotatable bonds is 7. The highest BCUT2D eigenvalue weighted by Crippen LogP contribution is 2.16. The molecule has 0 aromatic carbocycles. The average Bonchev–Trinajstić information content (AvgIpc) is 2.74. The zero-order valence-electron chi connectivity index (χ0n) is 12.3. The summed E-state index contributed by atoms with van der Waals surface area (Å²) in [5.41, 5.74) is 6.83. The smallest absolute Gasteiger partial charge is 0.234 e. The number of likely N-dealkylation sites (N-methyl/N-ethyl adjacent to an activating group) is 1. The van der Waals surface area contributed by atoms with E-state index in [4.69, 9.17) is 5.73 Å². The summed E-state index contributed by atoms with van der Waals surface area (Å²) in [6.07, 6.45) is 3.72. The van der Waals surface area contributed by atoms with E-state index in [1.54, 1.807) is 10.9 Å². The molecule has 0 aliphatic rings. The van der Waals surface area contributed by atoms with Crippen LogP contribution in [0.3, 0.4) is 0 Å². The van der Waals surface area contributed by atoms with Gasteiger partial charge in [-0.2, -0.15) is 5.10 Å². The van der Waals surface area contributed by atoms with Crippen LogP contribution in [0.2, 0.25) is 0 Å². The highest BCUT2D eigenvalue weighted by Gasteiger charge is 2.19. The Morgan fingerprint density at radius 2 is 2.26 bits per heavy atom. The molecule has 0 saturated heterocycles. The van der Waals surface area contributed by atoms with Crippen molar-refractivity contribution in [3.05, 3.63) is 18.0 Å². The monoisotopic (exact) mass is 267 g/mol. The Morgan fingerprint density at radius 1 is 1.58 bits per heavy atom. The van der Waals surface area contributed by atoms with Crippen molar-refractivity contribution in [1.29, 1.82) is 0 Å². The number of nitrogens with one attached hydrogen (secondary N) is 1. The van der Waals surface area contributed by atoms with E-state index in [1.807, 2.05) is 25.2 Å². The molecule has 108 valence electrons. The standard InChI is InChI=1S/C13H25N5O/c1-10(2)6-15-13(19)9-17(3)12(5-14)11-7-16-18(4)8-11/h7-8,10,12H,5-6,9,14H2,1-4H3,(H,15,19).